The van der Waals surface area contributed by atoms with Crippen molar-refractivity contribution < 1.29 is 18.6 Å². The summed E-state index contributed by atoms with van der Waals surface area (Å²) in [6.07, 6.45) is 2.52. The van der Waals surface area contributed by atoms with E-state index >= 15 is 0 Å². The van der Waals surface area contributed by atoms with E-state index in [1.54, 1.807) is 20.5 Å². The van der Waals surface area contributed by atoms with Gasteiger partial charge in [-0.2, -0.15) is 0 Å². The van der Waals surface area contributed by atoms with Crippen molar-refractivity contribution in [3.8, 4) is 11.5 Å². The van der Waals surface area contributed by atoms with E-state index < -0.39 is 0 Å². The van der Waals surface area contributed by atoms with Crippen molar-refractivity contribution >= 4 is 29.9 Å². The first-order valence-electron chi connectivity index (χ1n) is 9.10. The number of aliphatic imine (C=N–C) groups is 1. The molecule has 2 rings (SSSR count). The summed E-state index contributed by atoms with van der Waals surface area (Å²) >= 11 is 0. The number of ether oxygens (including phenoxy) is 3. The van der Waals surface area contributed by atoms with Gasteiger partial charge in [-0.1, -0.05) is 0 Å². The molecule has 1 aromatic carbocycles. The Balaban J connectivity index is 0.00000392. The van der Waals surface area contributed by atoms with Crippen LogP contribution in [-0.2, 0) is 17.9 Å². The molecule has 0 aliphatic rings. The Morgan fingerprint density at radius 1 is 1.14 bits per heavy atom. The van der Waals surface area contributed by atoms with E-state index in [-0.39, 0.29) is 24.0 Å². The van der Waals surface area contributed by atoms with E-state index in [0.717, 1.165) is 48.3 Å². The van der Waals surface area contributed by atoms with Crippen LogP contribution in [-0.4, -0.2) is 39.9 Å². The van der Waals surface area contributed by atoms with Gasteiger partial charge in [0.15, 0.2) is 5.96 Å². The molecule has 2 aromatic rings. The van der Waals surface area contributed by atoms with E-state index in [4.69, 9.17) is 18.6 Å². The maximum absolute atomic E-state index is 5.58. The van der Waals surface area contributed by atoms with Gasteiger partial charge in [0.2, 0.25) is 0 Å². The van der Waals surface area contributed by atoms with Crippen molar-refractivity contribution in [1.82, 2.24) is 10.6 Å². The second-order valence-corrected chi connectivity index (χ2v) is 5.79. The second kappa shape index (κ2) is 14.1. The predicted octanol–water partition coefficient (Wildman–Crippen LogP) is 3.58. The number of methoxy groups -OCH3 is 2. The summed E-state index contributed by atoms with van der Waals surface area (Å²) in [6, 6.07) is 9.50. The average molecular weight is 503 g/mol. The summed E-state index contributed by atoms with van der Waals surface area (Å²) in [7, 11) is 3.28. The highest BCUT2D eigenvalue weighted by molar-refractivity contribution is 14.0. The highest BCUT2D eigenvalue weighted by Gasteiger charge is 2.05. The van der Waals surface area contributed by atoms with Gasteiger partial charge in [-0.05, 0) is 37.6 Å². The quantitative estimate of drug-likeness (QED) is 0.211. The molecule has 156 valence electrons. The minimum atomic E-state index is 0. The minimum absolute atomic E-state index is 0. The molecule has 0 saturated heterocycles. The van der Waals surface area contributed by atoms with E-state index in [0.29, 0.717) is 19.8 Å². The smallest absolute Gasteiger partial charge is 0.191 e. The number of hydrogen-bond acceptors (Lipinski definition) is 5. The maximum atomic E-state index is 5.58. The SMILES string of the molecule is CCNC(=NCc1ccc(OC)cc1OC)NCCCOCc1ccco1.I. The van der Waals surface area contributed by atoms with Crippen LogP contribution < -0.4 is 20.1 Å². The first-order valence-corrected chi connectivity index (χ1v) is 9.10. The third kappa shape index (κ3) is 8.39. The van der Waals surface area contributed by atoms with Crippen molar-refractivity contribution in [2.45, 2.75) is 26.5 Å². The van der Waals surface area contributed by atoms with Gasteiger partial charge in [-0.15, -0.1) is 24.0 Å². The Kier molecular flexibility index (Phi) is 12.1. The Morgan fingerprint density at radius 2 is 2.00 bits per heavy atom. The van der Waals surface area contributed by atoms with Crippen LogP contribution in [0.15, 0.2) is 46.0 Å². The molecule has 0 amide bonds. The van der Waals surface area contributed by atoms with Crippen LogP contribution in [0.4, 0.5) is 0 Å². The summed E-state index contributed by atoms with van der Waals surface area (Å²) in [5.74, 6) is 3.13. The monoisotopic (exact) mass is 503 g/mol. The molecule has 0 aliphatic carbocycles. The van der Waals surface area contributed by atoms with Gasteiger partial charge in [0.05, 0.1) is 27.0 Å². The zero-order valence-electron chi connectivity index (χ0n) is 16.7. The van der Waals surface area contributed by atoms with E-state index in [9.17, 15) is 0 Å². The normalized spacial score (nSPS) is 10.9. The molecule has 1 heterocycles. The van der Waals surface area contributed by atoms with Crippen molar-refractivity contribution in [3.05, 3.63) is 47.9 Å². The highest BCUT2D eigenvalue weighted by atomic mass is 127. The summed E-state index contributed by atoms with van der Waals surface area (Å²) in [5, 5.41) is 6.56. The van der Waals surface area contributed by atoms with Gasteiger partial charge in [-0.25, -0.2) is 4.99 Å². The molecule has 0 radical (unpaired) electrons. The van der Waals surface area contributed by atoms with Crippen LogP contribution in [0.25, 0.3) is 0 Å². The fourth-order valence-corrected chi connectivity index (χ4v) is 2.44. The van der Waals surface area contributed by atoms with Crippen LogP contribution in [0.5, 0.6) is 11.5 Å². The lowest BCUT2D eigenvalue weighted by Crippen LogP contribution is -2.38. The Bertz CT molecular complexity index is 693. The molecule has 2 N–H and O–H groups in total. The highest BCUT2D eigenvalue weighted by Crippen LogP contribution is 2.25. The molecule has 0 atom stereocenters. The zero-order chi connectivity index (χ0) is 19.3. The fourth-order valence-electron chi connectivity index (χ4n) is 2.44. The molecule has 7 nitrogen and oxygen atoms in total. The Morgan fingerprint density at radius 3 is 2.68 bits per heavy atom. The first kappa shape index (κ1) is 24.1. The number of halogens is 1. The lowest BCUT2D eigenvalue weighted by molar-refractivity contribution is 0.105. The molecule has 28 heavy (non-hydrogen) atoms. The molecule has 0 unspecified atom stereocenters. The number of guanidine groups is 1. The summed E-state index contributed by atoms with van der Waals surface area (Å²) < 4.78 is 21.5. The van der Waals surface area contributed by atoms with Gasteiger partial charge in [0.1, 0.15) is 23.9 Å². The van der Waals surface area contributed by atoms with E-state index in [1.807, 2.05) is 37.3 Å². The van der Waals surface area contributed by atoms with E-state index in [1.165, 1.54) is 0 Å². The number of rotatable bonds is 11. The summed E-state index contributed by atoms with van der Waals surface area (Å²) in [5.41, 5.74) is 0.997. The molecular weight excluding hydrogens is 473 g/mol. The number of nitrogens with zero attached hydrogens (tertiary/aromatic N) is 1. The molecular formula is C20H30IN3O4. The molecule has 0 saturated carbocycles. The molecule has 0 spiro atoms. The van der Waals surface area contributed by atoms with Crippen molar-refractivity contribution in [1.29, 1.82) is 0 Å². The molecule has 1 aromatic heterocycles. The summed E-state index contributed by atoms with van der Waals surface area (Å²) in [6.45, 7) is 5.26. The number of nitrogens with one attached hydrogen (secondary N) is 2. The zero-order valence-corrected chi connectivity index (χ0v) is 19.0. The topological polar surface area (TPSA) is 77.3 Å². The number of hydrogen-bond donors (Lipinski definition) is 2. The Labute approximate surface area is 183 Å². The van der Waals surface area contributed by atoms with Crippen molar-refractivity contribution in [2.24, 2.45) is 4.99 Å². The van der Waals surface area contributed by atoms with Crippen LogP contribution in [0, 0.1) is 0 Å². The van der Waals surface area contributed by atoms with Crippen molar-refractivity contribution in [2.75, 3.05) is 33.9 Å². The number of furan rings is 1. The minimum Gasteiger partial charge on any atom is -0.497 e. The molecule has 0 aliphatic heterocycles. The van der Waals surface area contributed by atoms with Gasteiger partial charge >= 0.3 is 0 Å². The predicted molar refractivity (Wildman–Crippen MR) is 121 cm³/mol. The lowest BCUT2D eigenvalue weighted by Gasteiger charge is -2.13. The third-order valence-corrected chi connectivity index (χ3v) is 3.83. The largest absolute Gasteiger partial charge is 0.497 e. The third-order valence-electron chi connectivity index (χ3n) is 3.83. The van der Waals surface area contributed by atoms with Crippen LogP contribution >= 0.6 is 24.0 Å². The standard InChI is InChI=1S/C20H29N3O4.HI/c1-4-21-20(22-10-6-11-26-15-18-7-5-12-27-18)23-14-16-8-9-17(24-2)13-19(16)25-3;/h5,7-9,12-13H,4,6,10-11,14-15H2,1-3H3,(H2,21,22,23);1H. The van der Waals surface area contributed by atoms with Crippen LogP contribution in [0.2, 0.25) is 0 Å². The van der Waals surface area contributed by atoms with Gasteiger partial charge in [-0.3, -0.25) is 0 Å². The van der Waals surface area contributed by atoms with Gasteiger partial charge in [0, 0.05) is 31.3 Å². The molecule has 8 heteroatoms. The number of benzene rings is 1. The second-order valence-electron chi connectivity index (χ2n) is 5.79. The van der Waals surface area contributed by atoms with E-state index in [2.05, 4.69) is 15.6 Å². The fraction of sp³-hybridized carbons (Fsp3) is 0.450. The van der Waals surface area contributed by atoms with Crippen molar-refractivity contribution in [3.63, 3.8) is 0 Å². The lowest BCUT2D eigenvalue weighted by atomic mass is 10.2. The average Bonchev–Trinajstić information content (AvgIpc) is 3.22. The van der Waals surface area contributed by atoms with Crippen LogP contribution in [0.1, 0.15) is 24.7 Å². The summed E-state index contributed by atoms with van der Waals surface area (Å²) in [4.78, 5) is 4.62. The van der Waals surface area contributed by atoms with Crippen LogP contribution in [0.3, 0.4) is 0 Å². The molecule has 0 bridgehead atoms. The maximum Gasteiger partial charge on any atom is 0.191 e. The van der Waals surface area contributed by atoms with Gasteiger partial charge < -0.3 is 29.3 Å². The first-order chi connectivity index (χ1) is 13.3. The van der Waals surface area contributed by atoms with Gasteiger partial charge in [0.25, 0.3) is 0 Å². The Hall–Kier alpha value is -1.94. The molecule has 0 fully saturated rings.